The molecule has 1 heterocycles. The maximum absolute atomic E-state index is 13.1. The van der Waals surface area contributed by atoms with E-state index in [1.807, 2.05) is 0 Å². The van der Waals surface area contributed by atoms with Gasteiger partial charge in [0, 0.05) is 12.4 Å². The Bertz CT molecular complexity index is 542. The van der Waals surface area contributed by atoms with Crippen LogP contribution in [0, 0.1) is 15.9 Å². The topological polar surface area (TPSA) is 61.0 Å². The molecule has 7 heteroatoms. The maximum Gasteiger partial charge on any atom is 0.296 e. The van der Waals surface area contributed by atoms with Crippen molar-refractivity contribution < 1.29 is 9.31 Å². The van der Waals surface area contributed by atoms with Gasteiger partial charge in [0.2, 0.25) is 0 Å². The van der Waals surface area contributed by atoms with Gasteiger partial charge in [0.1, 0.15) is 11.5 Å². The Kier molecular flexibility index (Phi) is 2.57. The summed E-state index contributed by atoms with van der Waals surface area (Å²) < 4.78 is 14.5. The van der Waals surface area contributed by atoms with Gasteiger partial charge in [-0.05, 0) is 6.07 Å². The first-order valence-electron chi connectivity index (χ1n) is 4.21. The molecule has 0 saturated heterocycles. The smallest absolute Gasteiger partial charge is 0.296 e. The second-order valence-corrected chi connectivity index (χ2v) is 3.39. The fraction of sp³-hybridized carbons (Fsp3) is 0. The molecule has 0 aliphatic rings. The summed E-state index contributed by atoms with van der Waals surface area (Å²) in [5.41, 5.74) is -0.186. The number of aromatic nitrogens is 2. The highest BCUT2D eigenvalue weighted by Crippen LogP contribution is 2.28. The number of hydrogen-bond donors (Lipinski definition) is 0. The zero-order valence-electron chi connectivity index (χ0n) is 7.80. The van der Waals surface area contributed by atoms with Gasteiger partial charge in [-0.1, -0.05) is 11.6 Å². The van der Waals surface area contributed by atoms with Crippen molar-refractivity contribution in [1.82, 2.24) is 9.55 Å². The molecule has 0 unspecified atom stereocenters. The third-order valence-electron chi connectivity index (χ3n) is 2.00. The highest BCUT2D eigenvalue weighted by atomic mass is 35.5. The van der Waals surface area contributed by atoms with Crippen molar-refractivity contribution in [2.24, 2.45) is 0 Å². The van der Waals surface area contributed by atoms with Gasteiger partial charge in [-0.15, -0.1) is 0 Å². The summed E-state index contributed by atoms with van der Waals surface area (Å²) in [6.07, 6.45) is 4.34. The minimum atomic E-state index is -0.822. The van der Waals surface area contributed by atoms with E-state index in [0.29, 0.717) is 0 Å². The van der Waals surface area contributed by atoms with E-state index in [2.05, 4.69) is 4.98 Å². The number of halogens is 2. The van der Waals surface area contributed by atoms with Crippen molar-refractivity contribution in [1.29, 1.82) is 0 Å². The molecule has 0 radical (unpaired) electrons. The van der Waals surface area contributed by atoms with Crippen LogP contribution < -0.4 is 0 Å². The highest BCUT2D eigenvalue weighted by molar-refractivity contribution is 6.31. The van der Waals surface area contributed by atoms with Crippen LogP contribution in [0.4, 0.5) is 10.1 Å². The predicted octanol–water partition coefficient (Wildman–Crippen LogP) is 2.57. The molecule has 0 aliphatic heterocycles. The van der Waals surface area contributed by atoms with E-state index in [1.165, 1.54) is 29.4 Å². The standard InChI is InChI=1S/C9H5ClFN3O2/c10-6-3-8(13-2-1-12-5-13)9(14(15)16)4-7(6)11/h1-5H. The molecule has 82 valence electrons. The van der Waals surface area contributed by atoms with Crippen molar-refractivity contribution in [3.63, 3.8) is 0 Å². The monoisotopic (exact) mass is 241 g/mol. The van der Waals surface area contributed by atoms with E-state index in [0.717, 1.165) is 6.07 Å². The van der Waals surface area contributed by atoms with Gasteiger partial charge in [-0.25, -0.2) is 9.37 Å². The van der Waals surface area contributed by atoms with Crippen LogP contribution in [0.15, 0.2) is 30.9 Å². The van der Waals surface area contributed by atoms with Crippen molar-refractivity contribution in [3.05, 3.63) is 51.8 Å². The van der Waals surface area contributed by atoms with E-state index >= 15 is 0 Å². The molecule has 2 aromatic rings. The molecule has 2 rings (SSSR count). The Morgan fingerprint density at radius 3 is 2.81 bits per heavy atom. The number of imidazole rings is 1. The third-order valence-corrected chi connectivity index (χ3v) is 2.29. The molecule has 5 nitrogen and oxygen atoms in total. The van der Waals surface area contributed by atoms with E-state index in [-0.39, 0.29) is 16.4 Å². The van der Waals surface area contributed by atoms with Gasteiger partial charge in [0.05, 0.1) is 22.3 Å². The lowest BCUT2D eigenvalue weighted by molar-refractivity contribution is -0.384. The summed E-state index contributed by atoms with van der Waals surface area (Å²) in [4.78, 5) is 13.8. The third kappa shape index (κ3) is 1.74. The lowest BCUT2D eigenvalue weighted by Gasteiger charge is -2.04. The number of hydrogen-bond acceptors (Lipinski definition) is 3. The average molecular weight is 242 g/mol. The Labute approximate surface area is 94.2 Å². The first-order valence-corrected chi connectivity index (χ1v) is 4.59. The normalized spacial score (nSPS) is 10.4. The summed E-state index contributed by atoms with van der Waals surface area (Å²) in [5.74, 6) is -0.822. The van der Waals surface area contributed by atoms with Crippen molar-refractivity contribution >= 4 is 17.3 Å². The molecule has 0 spiro atoms. The Morgan fingerprint density at radius 1 is 1.50 bits per heavy atom. The quantitative estimate of drug-likeness (QED) is 0.600. The molecule has 0 saturated carbocycles. The summed E-state index contributed by atoms with van der Waals surface area (Å²) in [7, 11) is 0. The summed E-state index contributed by atoms with van der Waals surface area (Å²) in [5, 5.41) is 10.6. The summed E-state index contributed by atoms with van der Waals surface area (Å²) in [6.45, 7) is 0. The van der Waals surface area contributed by atoms with Crippen LogP contribution in [0.1, 0.15) is 0 Å². The summed E-state index contributed by atoms with van der Waals surface area (Å²) in [6, 6.07) is 1.98. The fourth-order valence-corrected chi connectivity index (χ4v) is 1.44. The molecule has 0 bridgehead atoms. The van der Waals surface area contributed by atoms with Crippen LogP contribution in [0.3, 0.4) is 0 Å². The molecule has 0 fully saturated rings. The Balaban J connectivity index is 2.68. The largest absolute Gasteiger partial charge is 0.300 e. The molecule has 0 aliphatic carbocycles. The minimum absolute atomic E-state index is 0.172. The Morgan fingerprint density at radius 2 is 2.25 bits per heavy atom. The van der Waals surface area contributed by atoms with Gasteiger partial charge >= 0.3 is 0 Å². The van der Waals surface area contributed by atoms with Crippen LogP contribution in [0.2, 0.25) is 5.02 Å². The molecule has 1 aromatic carbocycles. The number of rotatable bonds is 2. The SMILES string of the molecule is O=[N+]([O-])c1cc(F)c(Cl)cc1-n1ccnc1. The van der Waals surface area contributed by atoms with Crippen LogP contribution in [0.5, 0.6) is 0 Å². The molecule has 0 atom stereocenters. The molecular formula is C9H5ClFN3O2. The molecule has 0 amide bonds. The van der Waals surface area contributed by atoms with Gasteiger partial charge in [-0.2, -0.15) is 0 Å². The first-order chi connectivity index (χ1) is 7.59. The number of nitrogens with zero attached hydrogens (tertiary/aromatic N) is 3. The van der Waals surface area contributed by atoms with Crippen LogP contribution >= 0.6 is 11.6 Å². The van der Waals surface area contributed by atoms with E-state index in [1.54, 1.807) is 0 Å². The van der Waals surface area contributed by atoms with Gasteiger partial charge < -0.3 is 4.57 Å². The van der Waals surface area contributed by atoms with E-state index in [4.69, 9.17) is 11.6 Å². The van der Waals surface area contributed by atoms with Crippen LogP contribution in [-0.2, 0) is 0 Å². The van der Waals surface area contributed by atoms with Gasteiger partial charge in [-0.3, -0.25) is 10.1 Å². The van der Waals surface area contributed by atoms with Gasteiger partial charge in [0.25, 0.3) is 5.69 Å². The van der Waals surface area contributed by atoms with E-state index < -0.39 is 10.7 Å². The molecule has 1 aromatic heterocycles. The average Bonchev–Trinajstić information content (AvgIpc) is 2.74. The van der Waals surface area contributed by atoms with Crippen LogP contribution in [0.25, 0.3) is 5.69 Å². The lowest BCUT2D eigenvalue weighted by atomic mass is 10.2. The molecule has 0 N–H and O–H groups in total. The second kappa shape index (κ2) is 3.90. The zero-order chi connectivity index (χ0) is 11.7. The number of benzene rings is 1. The number of nitro benzene ring substituents is 1. The van der Waals surface area contributed by atoms with Gasteiger partial charge in [0.15, 0.2) is 0 Å². The zero-order valence-corrected chi connectivity index (χ0v) is 8.56. The van der Waals surface area contributed by atoms with E-state index in [9.17, 15) is 14.5 Å². The molecular weight excluding hydrogens is 237 g/mol. The molecule has 16 heavy (non-hydrogen) atoms. The van der Waals surface area contributed by atoms with Crippen molar-refractivity contribution in [2.45, 2.75) is 0 Å². The first kappa shape index (κ1) is 10.6. The van der Waals surface area contributed by atoms with Crippen molar-refractivity contribution in [3.8, 4) is 5.69 Å². The maximum atomic E-state index is 13.1. The second-order valence-electron chi connectivity index (χ2n) is 2.98. The fourth-order valence-electron chi connectivity index (χ4n) is 1.28. The Hall–Kier alpha value is -1.95. The predicted molar refractivity (Wildman–Crippen MR) is 55.2 cm³/mol. The summed E-state index contributed by atoms with van der Waals surface area (Å²) >= 11 is 5.58. The van der Waals surface area contributed by atoms with Crippen molar-refractivity contribution in [2.75, 3.05) is 0 Å². The lowest BCUT2D eigenvalue weighted by Crippen LogP contribution is -1.99. The van der Waals surface area contributed by atoms with Crippen LogP contribution in [-0.4, -0.2) is 14.5 Å². The minimum Gasteiger partial charge on any atom is -0.300 e. The number of nitro groups is 1. The highest BCUT2D eigenvalue weighted by Gasteiger charge is 2.18.